The number of ether oxygens (including phenoxy) is 1. The molecule has 6 heteroatoms. The normalized spacial score (nSPS) is 20.3. The standard InChI is InChI=1S/C19H27N3O3/c1-25-16-7-3-2-6-15(16)21-17(23)14-8-12-22(13-9-14)18(24)19(20)10-4-5-11-19/h2-3,6-7,14H,4-5,8-13,20H2,1H3,(H,21,23). The van der Waals surface area contributed by atoms with Gasteiger partial charge in [-0.05, 0) is 37.8 Å². The molecule has 1 heterocycles. The molecule has 0 spiro atoms. The van der Waals surface area contributed by atoms with Crippen LogP contribution < -0.4 is 15.8 Å². The van der Waals surface area contributed by atoms with E-state index in [-0.39, 0.29) is 17.7 Å². The summed E-state index contributed by atoms with van der Waals surface area (Å²) in [6.45, 7) is 1.20. The molecule has 3 rings (SSSR count). The molecule has 6 nitrogen and oxygen atoms in total. The fraction of sp³-hybridized carbons (Fsp3) is 0.579. The number of hydrogen-bond donors (Lipinski definition) is 2. The molecule has 3 N–H and O–H groups in total. The number of methoxy groups -OCH3 is 1. The Hall–Kier alpha value is -2.08. The van der Waals surface area contributed by atoms with Gasteiger partial charge >= 0.3 is 0 Å². The van der Waals surface area contributed by atoms with Crippen LogP contribution in [0.15, 0.2) is 24.3 Å². The zero-order valence-electron chi connectivity index (χ0n) is 14.8. The summed E-state index contributed by atoms with van der Waals surface area (Å²) >= 11 is 0. The molecule has 0 unspecified atom stereocenters. The maximum Gasteiger partial charge on any atom is 0.242 e. The van der Waals surface area contributed by atoms with E-state index in [4.69, 9.17) is 10.5 Å². The summed E-state index contributed by atoms with van der Waals surface area (Å²) in [6, 6.07) is 7.37. The third kappa shape index (κ3) is 3.79. The van der Waals surface area contributed by atoms with Crippen LogP contribution in [0.2, 0.25) is 0 Å². The number of nitrogens with two attached hydrogens (primary N) is 1. The third-order valence-corrected chi connectivity index (χ3v) is 5.44. The van der Waals surface area contributed by atoms with E-state index < -0.39 is 5.54 Å². The molecular formula is C19H27N3O3. The van der Waals surface area contributed by atoms with Crippen molar-refractivity contribution in [2.24, 2.45) is 11.7 Å². The summed E-state index contributed by atoms with van der Waals surface area (Å²) in [5, 5.41) is 2.95. The van der Waals surface area contributed by atoms with Crippen LogP contribution in [0.1, 0.15) is 38.5 Å². The van der Waals surface area contributed by atoms with Crippen molar-refractivity contribution in [3.63, 3.8) is 0 Å². The minimum absolute atomic E-state index is 0.0140. The SMILES string of the molecule is COc1ccccc1NC(=O)C1CCN(C(=O)C2(N)CCCC2)CC1. The number of hydrogen-bond acceptors (Lipinski definition) is 4. The quantitative estimate of drug-likeness (QED) is 0.876. The molecule has 136 valence electrons. The predicted molar refractivity (Wildman–Crippen MR) is 96.3 cm³/mol. The van der Waals surface area contributed by atoms with Crippen LogP contribution in [-0.2, 0) is 9.59 Å². The molecule has 25 heavy (non-hydrogen) atoms. The number of rotatable bonds is 4. The zero-order chi connectivity index (χ0) is 17.9. The monoisotopic (exact) mass is 345 g/mol. The molecule has 1 aromatic rings. The first kappa shape index (κ1) is 17.7. The number of benzene rings is 1. The number of nitrogens with one attached hydrogen (secondary N) is 1. The molecule has 0 atom stereocenters. The lowest BCUT2D eigenvalue weighted by atomic mass is 9.92. The largest absolute Gasteiger partial charge is 0.495 e. The molecule has 1 aliphatic carbocycles. The fourth-order valence-corrected chi connectivity index (χ4v) is 3.86. The van der Waals surface area contributed by atoms with E-state index in [1.807, 2.05) is 29.2 Å². The van der Waals surface area contributed by atoms with E-state index in [1.54, 1.807) is 7.11 Å². The molecular weight excluding hydrogens is 318 g/mol. The van der Waals surface area contributed by atoms with Gasteiger partial charge in [0.1, 0.15) is 5.75 Å². The maximum absolute atomic E-state index is 12.7. The summed E-state index contributed by atoms with van der Waals surface area (Å²) in [6.07, 6.45) is 4.95. The van der Waals surface area contributed by atoms with E-state index in [0.717, 1.165) is 25.7 Å². The first-order valence-electron chi connectivity index (χ1n) is 9.05. The van der Waals surface area contributed by atoms with Crippen LogP contribution in [0.3, 0.4) is 0 Å². The highest BCUT2D eigenvalue weighted by Gasteiger charge is 2.41. The first-order chi connectivity index (χ1) is 12.0. The van der Waals surface area contributed by atoms with Gasteiger partial charge in [0.2, 0.25) is 11.8 Å². The number of carbonyl (C=O) groups is 2. The Labute approximate surface area is 148 Å². The highest BCUT2D eigenvalue weighted by molar-refractivity contribution is 5.94. The number of nitrogens with zero attached hydrogens (tertiary/aromatic N) is 1. The lowest BCUT2D eigenvalue weighted by Crippen LogP contribution is -2.55. The van der Waals surface area contributed by atoms with Crippen LogP contribution >= 0.6 is 0 Å². The van der Waals surface area contributed by atoms with E-state index >= 15 is 0 Å². The minimum atomic E-state index is -0.674. The number of carbonyl (C=O) groups excluding carboxylic acids is 2. The van der Waals surface area contributed by atoms with Crippen molar-refractivity contribution in [1.82, 2.24) is 4.90 Å². The Balaban J connectivity index is 1.55. The number of anilines is 1. The van der Waals surface area contributed by atoms with Gasteiger partial charge in [0.15, 0.2) is 0 Å². The van der Waals surface area contributed by atoms with Crippen molar-refractivity contribution in [3.8, 4) is 5.75 Å². The highest BCUT2D eigenvalue weighted by atomic mass is 16.5. The maximum atomic E-state index is 12.7. The highest BCUT2D eigenvalue weighted by Crippen LogP contribution is 2.31. The predicted octanol–water partition coefficient (Wildman–Crippen LogP) is 2.14. The van der Waals surface area contributed by atoms with Gasteiger partial charge in [-0.3, -0.25) is 9.59 Å². The van der Waals surface area contributed by atoms with Gasteiger partial charge in [-0.2, -0.15) is 0 Å². The average molecular weight is 345 g/mol. The molecule has 1 saturated heterocycles. The molecule has 2 amide bonds. The van der Waals surface area contributed by atoms with Gasteiger partial charge in [0, 0.05) is 19.0 Å². The van der Waals surface area contributed by atoms with Gasteiger partial charge in [0.05, 0.1) is 18.3 Å². The summed E-state index contributed by atoms with van der Waals surface area (Å²) in [5.41, 5.74) is 6.28. The van der Waals surface area contributed by atoms with Crippen LogP contribution in [0, 0.1) is 5.92 Å². The minimum Gasteiger partial charge on any atom is -0.495 e. The van der Waals surface area contributed by atoms with Gasteiger partial charge in [-0.25, -0.2) is 0 Å². The number of amides is 2. The second-order valence-electron chi connectivity index (χ2n) is 7.12. The second kappa shape index (κ2) is 7.44. The fourth-order valence-electron chi connectivity index (χ4n) is 3.86. The average Bonchev–Trinajstić information content (AvgIpc) is 3.09. The van der Waals surface area contributed by atoms with Crippen LogP contribution in [0.4, 0.5) is 5.69 Å². The third-order valence-electron chi connectivity index (χ3n) is 5.44. The van der Waals surface area contributed by atoms with Gasteiger partial charge in [-0.1, -0.05) is 25.0 Å². The van der Waals surface area contributed by atoms with E-state index in [0.29, 0.717) is 37.4 Å². The molecule has 2 aliphatic rings. The van der Waals surface area contributed by atoms with Gasteiger partial charge in [0.25, 0.3) is 0 Å². The second-order valence-corrected chi connectivity index (χ2v) is 7.12. The Morgan fingerprint density at radius 2 is 1.84 bits per heavy atom. The van der Waals surface area contributed by atoms with Crippen molar-refractivity contribution in [2.45, 2.75) is 44.1 Å². The zero-order valence-corrected chi connectivity index (χ0v) is 14.8. The van der Waals surface area contributed by atoms with Crippen molar-refractivity contribution < 1.29 is 14.3 Å². The smallest absolute Gasteiger partial charge is 0.242 e. The Morgan fingerprint density at radius 3 is 2.48 bits per heavy atom. The summed E-state index contributed by atoms with van der Waals surface area (Å²) < 4.78 is 5.27. The molecule has 0 aromatic heterocycles. The lowest BCUT2D eigenvalue weighted by molar-refractivity contribution is -0.139. The van der Waals surface area contributed by atoms with E-state index in [1.165, 1.54) is 0 Å². The summed E-state index contributed by atoms with van der Waals surface area (Å²) in [5.74, 6) is 0.606. The molecule has 1 aromatic carbocycles. The Bertz CT molecular complexity index is 633. The number of para-hydroxylation sites is 2. The van der Waals surface area contributed by atoms with E-state index in [9.17, 15) is 9.59 Å². The summed E-state index contributed by atoms with van der Waals surface area (Å²) in [7, 11) is 1.58. The topological polar surface area (TPSA) is 84.7 Å². The Kier molecular flexibility index (Phi) is 5.27. The first-order valence-corrected chi connectivity index (χ1v) is 9.05. The van der Waals surface area contributed by atoms with Crippen LogP contribution in [-0.4, -0.2) is 42.5 Å². The van der Waals surface area contributed by atoms with Crippen LogP contribution in [0.25, 0.3) is 0 Å². The van der Waals surface area contributed by atoms with E-state index in [2.05, 4.69) is 5.32 Å². The number of likely N-dealkylation sites (tertiary alicyclic amines) is 1. The molecule has 1 saturated carbocycles. The lowest BCUT2D eigenvalue weighted by Gasteiger charge is -2.36. The molecule has 0 bridgehead atoms. The van der Waals surface area contributed by atoms with Crippen LogP contribution in [0.5, 0.6) is 5.75 Å². The van der Waals surface area contributed by atoms with Crippen molar-refractivity contribution >= 4 is 17.5 Å². The van der Waals surface area contributed by atoms with Crippen molar-refractivity contribution in [2.75, 3.05) is 25.5 Å². The van der Waals surface area contributed by atoms with Gasteiger partial charge in [-0.15, -0.1) is 0 Å². The van der Waals surface area contributed by atoms with Crippen molar-refractivity contribution in [1.29, 1.82) is 0 Å². The Morgan fingerprint density at radius 1 is 1.20 bits per heavy atom. The molecule has 1 aliphatic heterocycles. The number of piperidine rings is 1. The van der Waals surface area contributed by atoms with Gasteiger partial charge < -0.3 is 20.7 Å². The molecule has 0 radical (unpaired) electrons. The van der Waals surface area contributed by atoms with Crippen molar-refractivity contribution in [3.05, 3.63) is 24.3 Å². The molecule has 2 fully saturated rings. The summed E-state index contributed by atoms with van der Waals surface area (Å²) in [4.78, 5) is 27.0.